The average molecular weight is 286 g/mol. The number of H-pyrrole nitrogens is 1. The summed E-state index contributed by atoms with van der Waals surface area (Å²) < 4.78 is 0. The maximum atomic E-state index is 12.3. The zero-order valence-corrected chi connectivity index (χ0v) is 12.2. The first-order chi connectivity index (χ1) is 10.2. The molecule has 4 N–H and O–H groups in total. The molecular formula is C16H22N4O. The molecule has 1 fully saturated rings. The number of benzene rings is 1. The summed E-state index contributed by atoms with van der Waals surface area (Å²) in [5, 5.41) is 3.88. The molecule has 0 aliphatic carbocycles. The van der Waals surface area contributed by atoms with Crippen LogP contribution < -0.4 is 11.1 Å². The molecule has 2 aromatic rings. The van der Waals surface area contributed by atoms with Crippen molar-refractivity contribution in [3.05, 3.63) is 30.0 Å². The van der Waals surface area contributed by atoms with E-state index in [9.17, 15) is 4.79 Å². The normalized spacial score (nSPS) is 16.2. The highest BCUT2D eigenvalue weighted by atomic mass is 16.1. The molecule has 0 spiro atoms. The minimum Gasteiger partial charge on any atom is -0.399 e. The first-order valence-corrected chi connectivity index (χ1v) is 7.61. The van der Waals surface area contributed by atoms with Crippen LogP contribution in [0.2, 0.25) is 0 Å². The number of nitrogen functional groups attached to an aromatic ring is 1. The Morgan fingerprint density at radius 3 is 2.90 bits per heavy atom. The van der Waals surface area contributed by atoms with Crippen LogP contribution >= 0.6 is 0 Å². The lowest BCUT2D eigenvalue weighted by Gasteiger charge is -2.26. The number of anilines is 1. The van der Waals surface area contributed by atoms with E-state index in [2.05, 4.69) is 15.2 Å². The zero-order valence-electron chi connectivity index (χ0n) is 12.2. The summed E-state index contributed by atoms with van der Waals surface area (Å²) in [4.78, 5) is 17.8. The van der Waals surface area contributed by atoms with Gasteiger partial charge in [-0.25, -0.2) is 0 Å². The van der Waals surface area contributed by atoms with E-state index in [1.165, 1.54) is 19.3 Å². The maximum absolute atomic E-state index is 12.3. The highest BCUT2D eigenvalue weighted by molar-refractivity contribution is 6.07. The van der Waals surface area contributed by atoms with Gasteiger partial charge in [0.1, 0.15) is 0 Å². The monoisotopic (exact) mass is 286 g/mol. The van der Waals surface area contributed by atoms with E-state index < -0.39 is 0 Å². The van der Waals surface area contributed by atoms with Crippen LogP contribution in [0, 0.1) is 0 Å². The average Bonchev–Trinajstić information content (AvgIpc) is 2.91. The van der Waals surface area contributed by atoms with Gasteiger partial charge >= 0.3 is 0 Å². The van der Waals surface area contributed by atoms with Gasteiger partial charge in [-0.3, -0.25) is 4.79 Å². The first-order valence-electron chi connectivity index (χ1n) is 7.61. The van der Waals surface area contributed by atoms with E-state index >= 15 is 0 Å². The van der Waals surface area contributed by atoms with Crippen molar-refractivity contribution in [3.63, 3.8) is 0 Å². The molecule has 112 valence electrons. The summed E-state index contributed by atoms with van der Waals surface area (Å²) in [6.45, 7) is 3.92. The molecule has 0 saturated carbocycles. The number of hydrogen-bond donors (Lipinski definition) is 3. The van der Waals surface area contributed by atoms with E-state index in [1.807, 2.05) is 18.2 Å². The number of carbonyl (C=O) groups excluding carboxylic acids is 1. The van der Waals surface area contributed by atoms with E-state index in [0.717, 1.165) is 30.5 Å². The van der Waals surface area contributed by atoms with Crippen molar-refractivity contribution in [2.24, 2.45) is 0 Å². The number of rotatable bonds is 4. The third-order valence-electron chi connectivity index (χ3n) is 4.11. The molecular weight excluding hydrogens is 264 g/mol. The number of fused-ring (bicyclic) bond motifs is 1. The number of aromatic nitrogens is 1. The molecule has 0 unspecified atom stereocenters. The van der Waals surface area contributed by atoms with Gasteiger partial charge in [0.15, 0.2) is 0 Å². The predicted molar refractivity (Wildman–Crippen MR) is 85.3 cm³/mol. The summed E-state index contributed by atoms with van der Waals surface area (Å²) in [5.74, 6) is -0.0381. The van der Waals surface area contributed by atoms with Crippen LogP contribution in [0.15, 0.2) is 24.4 Å². The largest absolute Gasteiger partial charge is 0.399 e. The van der Waals surface area contributed by atoms with Gasteiger partial charge in [-0.15, -0.1) is 0 Å². The van der Waals surface area contributed by atoms with E-state index in [-0.39, 0.29) is 5.91 Å². The smallest absolute Gasteiger partial charge is 0.253 e. The minimum atomic E-state index is -0.0381. The van der Waals surface area contributed by atoms with Gasteiger partial charge < -0.3 is 20.9 Å². The third kappa shape index (κ3) is 3.19. The number of carbonyl (C=O) groups is 1. The Labute approximate surface area is 124 Å². The maximum Gasteiger partial charge on any atom is 0.253 e. The second-order valence-electron chi connectivity index (χ2n) is 5.67. The fourth-order valence-corrected chi connectivity index (χ4v) is 2.93. The lowest BCUT2D eigenvalue weighted by molar-refractivity contribution is 0.0948. The molecule has 2 heterocycles. The standard InChI is InChI=1S/C16H22N4O/c17-12-4-5-15-13(10-12)14(11-19-15)16(21)18-6-9-20-7-2-1-3-8-20/h4-5,10-11,19H,1-3,6-9,17H2,(H,18,21). The van der Waals surface area contributed by atoms with Crippen molar-refractivity contribution in [2.75, 3.05) is 31.9 Å². The molecule has 0 bridgehead atoms. The van der Waals surface area contributed by atoms with Crippen LogP contribution in [0.4, 0.5) is 5.69 Å². The van der Waals surface area contributed by atoms with Gasteiger partial charge in [-0.2, -0.15) is 0 Å². The molecule has 1 aliphatic rings. The van der Waals surface area contributed by atoms with Gasteiger partial charge in [-0.1, -0.05) is 6.42 Å². The molecule has 0 atom stereocenters. The molecule has 1 aromatic carbocycles. The number of aromatic amines is 1. The van der Waals surface area contributed by atoms with Crippen LogP contribution in [0.25, 0.3) is 10.9 Å². The molecule has 1 amide bonds. The van der Waals surface area contributed by atoms with Gasteiger partial charge in [0.05, 0.1) is 5.56 Å². The lowest BCUT2D eigenvalue weighted by atomic mass is 10.1. The predicted octanol–water partition coefficient (Wildman–Crippen LogP) is 1.97. The van der Waals surface area contributed by atoms with Crippen LogP contribution in [0.5, 0.6) is 0 Å². The number of piperidine rings is 1. The Bertz CT molecular complexity index is 628. The number of amides is 1. The SMILES string of the molecule is Nc1ccc2[nH]cc(C(=O)NCCN3CCCCC3)c2c1. The molecule has 1 aliphatic heterocycles. The Hall–Kier alpha value is -2.01. The van der Waals surface area contributed by atoms with Crippen LogP contribution in [0.3, 0.4) is 0 Å². The topological polar surface area (TPSA) is 74.1 Å². The van der Waals surface area contributed by atoms with Gasteiger partial charge in [-0.05, 0) is 44.1 Å². The minimum absolute atomic E-state index is 0.0381. The third-order valence-corrected chi connectivity index (χ3v) is 4.11. The number of hydrogen-bond acceptors (Lipinski definition) is 3. The van der Waals surface area contributed by atoms with E-state index in [1.54, 1.807) is 6.20 Å². The van der Waals surface area contributed by atoms with Crippen molar-refractivity contribution in [3.8, 4) is 0 Å². The second kappa shape index (κ2) is 6.18. The lowest BCUT2D eigenvalue weighted by Crippen LogP contribution is -2.37. The van der Waals surface area contributed by atoms with Crippen LogP contribution in [-0.2, 0) is 0 Å². The summed E-state index contributed by atoms with van der Waals surface area (Å²) in [6, 6.07) is 5.57. The summed E-state index contributed by atoms with van der Waals surface area (Å²) in [6.07, 6.45) is 5.63. The van der Waals surface area contributed by atoms with Gasteiger partial charge in [0, 0.05) is 35.9 Å². The molecule has 5 nitrogen and oxygen atoms in total. The van der Waals surface area contributed by atoms with Crippen molar-refractivity contribution in [2.45, 2.75) is 19.3 Å². The highest BCUT2D eigenvalue weighted by Gasteiger charge is 2.13. The van der Waals surface area contributed by atoms with Crippen LogP contribution in [-0.4, -0.2) is 42.0 Å². The van der Waals surface area contributed by atoms with Gasteiger partial charge in [0.2, 0.25) is 0 Å². The molecule has 1 aromatic heterocycles. The first kappa shape index (κ1) is 13.9. The Balaban J connectivity index is 1.60. The van der Waals surface area contributed by atoms with Crippen LogP contribution in [0.1, 0.15) is 29.6 Å². The van der Waals surface area contributed by atoms with Crippen molar-refractivity contribution in [1.82, 2.24) is 15.2 Å². The number of likely N-dealkylation sites (tertiary alicyclic amines) is 1. The Morgan fingerprint density at radius 2 is 2.10 bits per heavy atom. The molecule has 1 saturated heterocycles. The molecule has 21 heavy (non-hydrogen) atoms. The molecule has 5 heteroatoms. The quantitative estimate of drug-likeness (QED) is 0.752. The summed E-state index contributed by atoms with van der Waals surface area (Å²) >= 11 is 0. The highest BCUT2D eigenvalue weighted by Crippen LogP contribution is 2.20. The fourth-order valence-electron chi connectivity index (χ4n) is 2.93. The molecule has 0 radical (unpaired) electrons. The van der Waals surface area contributed by atoms with E-state index in [0.29, 0.717) is 17.8 Å². The Morgan fingerprint density at radius 1 is 1.29 bits per heavy atom. The summed E-state index contributed by atoms with van der Waals surface area (Å²) in [5.41, 5.74) is 8.07. The van der Waals surface area contributed by atoms with Crippen molar-refractivity contribution in [1.29, 1.82) is 0 Å². The van der Waals surface area contributed by atoms with Gasteiger partial charge in [0.25, 0.3) is 5.91 Å². The molecule has 3 rings (SSSR count). The number of nitrogens with two attached hydrogens (primary N) is 1. The summed E-state index contributed by atoms with van der Waals surface area (Å²) in [7, 11) is 0. The fraction of sp³-hybridized carbons (Fsp3) is 0.438. The number of nitrogens with one attached hydrogen (secondary N) is 2. The van der Waals surface area contributed by atoms with Crippen molar-refractivity contribution >= 4 is 22.5 Å². The van der Waals surface area contributed by atoms with Crippen molar-refractivity contribution < 1.29 is 4.79 Å². The Kier molecular flexibility index (Phi) is 4.10. The second-order valence-corrected chi connectivity index (χ2v) is 5.67. The zero-order chi connectivity index (χ0) is 14.7. The van der Waals surface area contributed by atoms with E-state index in [4.69, 9.17) is 5.73 Å². The number of nitrogens with zero attached hydrogens (tertiary/aromatic N) is 1.